The second-order valence-corrected chi connectivity index (χ2v) is 14.3. The maximum absolute atomic E-state index is 14.1. The van der Waals surface area contributed by atoms with E-state index in [-0.39, 0.29) is 35.3 Å². The molecule has 0 heterocycles. The molecular formula is C33H44N4O7. The summed E-state index contributed by atoms with van der Waals surface area (Å²) in [5.41, 5.74) is 4.53. The van der Waals surface area contributed by atoms with Crippen LogP contribution in [0.15, 0.2) is 23.0 Å². The zero-order valence-corrected chi connectivity index (χ0v) is 26.2. The summed E-state index contributed by atoms with van der Waals surface area (Å²) in [7, 11) is 7.03. The highest BCUT2D eigenvalue weighted by Gasteiger charge is 2.64. The van der Waals surface area contributed by atoms with Gasteiger partial charge in [-0.25, -0.2) is 0 Å². The molecule has 0 aliphatic heterocycles. The van der Waals surface area contributed by atoms with Crippen molar-refractivity contribution in [2.24, 2.45) is 23.5 Å². The lowest BCUT2D eigenvalue weighted by Crippen LogP contribution is -2.65. The Labute approximate surface area is 257 Å². The zero-order chi connectivity index (χ0) is 32.0. The number of nitrogens with two attached hydrogens (primary N) is 1. The number of hydrogen-bond donors (Lipinski definition) is 5. The minimum absolute atomic E-state index is 0.0650. The Kier molecular flexibility index (Phi) is 7.18. The lowest BCUT2D eigenvalue weighted by atomic mass is 9.57. The number of fused-ring (bicyclic) bond motifs is 3. The van der Waals surface area contributed by atoms with Gasteiger partial charge in [0, 0.05) is 49.9 Å². The molecule has 3 saturated carbocycles. The largest absolute Gasteiger partial charge is 0.508 e. The van der Waals surface area contributed by atoms with Crippen molar-refractivity contribution < 1.29 is 34.8 Å². The lowest BCUT2D eigenvalue weighted by molar-refractivity contribution is -0.153. The van der Waals surface area contributed by atoms with Gasteiger partial charge in [0.25, 0.3) is 5.91 Å². The van der Waals surface area contributed by atoms with Gasteiger partial charge in [0.05, 0.1) is 11.6 Å². The quantitative estimate of drug-likeness (QED) is 0.276. The Morgan fingerprint density at radius 2 is 1.75 bits per heavy atom. The van der Waals surface area contributed by atoms with Gasteiger partial charge in [0.2, 0.25) is 5.78 Å². The number of phenols is 1. The van der Waals surface area contributed by atoms with Gasteiger partial charge in [-0.1, -0.05) is 0 Å². The van der Waals surface area contributed by atoms with Gasteiger partial charge in [-0.2, -0.15) is 0 Å². The molecule has 5 aliphatic carbocycles. The summed E-state index contributed by atoms with van der Waals surface area (Å²) in [6.45, 7) is 3.94. The summed E-state index contributed by atoms with van der Waals surface area (Å²) in [5, 5.41) is 46.0. The van der Waals surface area contributed by atoms with E-state index in [0.717, 1.165) is 30.6 Å². The average molecular weight is 609 g/mol. The fourth-order valence-electron chi connectivity index (χ4n) is 8.34. The van der Waals surface area contributed by atoms with Crippen molar-refractivity contribution >= 4 is 28.9 Å². The molecule has 1 aromatic rings. The summed E-state index contributed by atoms with van der Waals surface area (Å²) in [6.07, 6.45) is 6.24. The van der Waals surface area contributed by atoms with Gasteiger partial charge in [-0.3, -0.25) is 24.2 Å². The molecule has 238 valence electrons. The summed E-state index contributed by atoms with van der Waals surface area (Å²) in [6, 6.07) is 0.557. The molecule has 5 aliphatic rings. The maximum Gasteiger partial charge on any atom is 0.255 e. The first-order chi connectivity index (χ1) is 20.6. The van der Waals surface area contributed by atoms with Crippen molar-refractivity contribution in [3.05, 3.63) is 39.7 Å². The van der Waals surface area contributed by atoms with Gasteiger partial charge >= 0.3 is 0 Å². The third-order valence-electron chi connectivity index (χ3n) is 11.0. The van der Waals surface area contributed by atoms with Crippen molar-refractivity contribution in [1.29, 1.82) is 0 Å². The molecule has 0 unspecified atom stereocenters. The van der Waals surface area contributed by atoms with E-state index in [1.165, 1.54) is 24.2 Å². The molecule has 6 N–H and O–H groups in total. The summed E-state index contributed by atoms with van der Waals surface area (Å²) in [4.78, 5) is 45.8. The molecule has 0 aromatic heterocycles. The van der Waals surface area contributed by atoms with Crippen LogP contribution in [0.4, 0.5) is 5.69 Å². The highest BCUT2D eigenvalue weighted by Crippen LogP contribution is 2.54. The van der Waals surface area contributed by atoms with Crippen LogP contribution >= 0.6 is 0 Å². The first-order valence-electron chi connectivity index (χ1n) is 15.6. The van der Waals surface area contributed by atoms with Crippen molar-refractivity contribution in [1.82, 2.24) is 9.80 Å². The number of rotatable bonds is 8. The molecule has 0 radical (unpaired) electrons. The fraction of sp³-hybridized carbons (Fsp3) is 0.606. The number of nitrogens with zero attached hydrogens (tertiary/aromatic N) is 3. The summed E-state index contributed by atoms with van der Waals surface area (Å²) >= 11 is 0. The Bertz CT molecular complexity index is 1520. The van der Waals surface area contributed by atoms with Crippen LogP contribution in [0, 0.1) is 17.8 Å². The third kappa shape index (κ3) is 4.38. The van der Waals surface area contributed by atoms with E-state index in [4.69, 9.17) is 5.73 Å². The topological polar surface area (TPSA) is 168 Å². The number of Topliss-reactive ketones (excluding diaryl/α,β-unsaturated/α-hetero) is 2. The third-order valence-corrected chi connectivity index (χ3v) is 11.0. The first-order valence-corrected chi connectivity index (χ1v) is 15.6. The normalized spacial score (nSPS) is 29.4. The maximum atomic E-state index is 14.1. The van der Waals surface area contributed by atoms with Gasteiger partial charge < -0.3 is 31.1 Å². The SMILES string of the molecule is CN(C)c1c(CN(CC2CC2)C2(C)CCC2)cc(O)c2c1C[C@H]1C[C@H]3[C@H](N(C)C)C(=O)C(C(N)=O)=C(O)[C@@]3(O)C(=O)C1=C2O. The molecule has 6 rings (SSSR count). The molecule has 1 aromatic carbocycles. The van der Waals surface area contributed by atoms with Crippen molar-refractivity contribution in [2.75, 3.05) is 39.6 Å². The van der Waals surface area contributed by atoms with Gasteiger partial charge in [0.1, 0.15) is 22.8 Å². The number of ketones is 2. The number of aromatic hydroxyl groups is 1. The number of carbonyl (C=O) groups is 3. The minimum Gasteiger partial charge on any atom is -0.508 e. The zero-order valence-electron chi connectivity index (χ0n) is 26.2. The molecular weight excluding hydrogens is 564 g/mol. The number of benzene rings is 1. The van der Waals surface area contributed by atoms with E-state index < -0.39 is 58.0 Å². The number of phenolic OH excluding ortho intramolecular Hbond substituents is 1. The molecule has 3 fully saturated rings. The van der Waals surface area contributed by atoms with Crippen LogP contribution in [0.1, 0.15) is 62.1 Å². The number of hydrogen-bond acceptors (Lipinski definition) is 10. The second kappa shape index (κ2) is 10.3. The molecule has 0 bridgehead atoms. The summed E-state index contributed by atoms with van der Waals surface area (Å²) in [5.74, 6) is -5.75. The molecule has 44 heavy (non-hydrogen) atoms. The average Bonchev–Trinajstić information content (AvgIpc) is 3.72. The summed E-state index contributed by atoms with van der Waals surface area (Å²) < 4.78 is 0. The number of amides is 1. The Hall–Kier alpha value is -3.41. The van der Waals surface area contributed by atoms with Gasteiger partial charge in [-0.05, 0) is 95.0 Å². The smallest absolute Gasteiger partial charge is 0.255 e. The molecule has 1 amide bonds. The Morgan fingerprint density at radius 3 is 2.27 bits per heavy atom. The van der Waals surface area contributed by atoms with Crippen molar-refractivity contribution in [3.8, 4) is 5.75 Å². The molecule has 11 heteroatoms. The molecule has 0 saturated heterocycles. The second-order valence-electron chi connectivity index (χ2n) is 14.3. The van der Waals surface area contributed by atoms with Crippen LogP contribution in [0.3, 0.4) is 0 Å². The number of primary amides is 1. The Morgan fingerprint density at radius 1 is 1.09 bits per heavy atom. The number of likely N-dealkylation sites (N-methyl/N-ethyl adjacent to an activating group) is 1. The predicted octanol–water partition coefficient (Wildman–Crippen LogP) is 2.18. The number of aliphatic hydroxyl groups excluding tert-OH is 2. The molecule has 4 atom stereocenters. The van der Waals surface area contributed by atoms with Gasteiger partial charge in [0.15, 0.2) is 11.4 Å². The van der Waals surface area contributed by atoms with E-state index >= 15 is 0 Å². The van der Waals surface area contributed by atoms with E-state index in [1.54, 1.807) is 20.2 Å². The van der Waals surface area contributed by atoms with Crippen molar-refractivity contribution in [3.63, 3.8) is 0 Å². The van der Waals surface area contributed by atoms with E-state index in [2.05, 4.69) is 11.8 Å². The fourth-order valence-corrected chi connectivity index (χ4v) is 8.34. The number of anilines is 1. The van der Waals surface area contributed by atoms with E-state index in [9.17, 15) is 34.8 Å². The van der Waals surface area contributed by atoms with Crippen molar-refractivity contribution in [2.45, 2.75) is 75.6 Å². The van der Waals surface area contributed by atoms with Crippen LogP contribution < -0.4 is 10.6 Å². The Balaban J connectivity index is 1.48. The van der Waals surface area contributed by atoms with Crippen LogP contribution in [0.5, 0.6) is 5.75 Å². The molecule has 0 spiro atoms. The van der Waals surface area contributed by atoms with Crippen LogP contribution in [-0.2, 0) is 27.3 Å². The highest BCUT2D eigenvalue weighted by molar-refractivity contribution is 6.24. The lowest BCUT2D eigenvalue weighted by Gasteiger charge is -2.50. The highest BCUT2D eigenvalue weighted by atomic mass is 16.3. The minimum atomic E-state index is -2.65. The van der Waals surface area contributed by atoms with Crippen LogP contribution in [-0.4, -0.2) is 99.6 Å². The predicted molar refractivity (Wildman–Crippen MR) is 164 cm³/mol. The molecule has 11 nitrogen and oxygen atoms in total. The first kappa shape index (κ1) is 30.6. The number of aliphatic hydroxyl groups is 3. The monoisotopic (exact) mass is 608 g/mol. The van der Waals surface area contributed by atoms with Crippen LogP contribution in [0.25, 0.3) is 5.76 Å². The standard InChI is InChI=1S/C33H44N4O7/c1-32(9-6-10-32)37(14-16-7-8-16)15-18-13-21(38)23-19(25(18)35(2)3)11-17-12-20-26(36(4)5)28(40)24(31(34)43)30(42)33(20,44)29(41)22(17)27(23)39/h13,16-17,20,26,38-39,42,44H,6-12,14-15H2,1-5H3,(H2,34,43)/t17-,20-,26-,33-/m0/s1. The van der Waals surface area contributed by atoms with Crippen LogP contribution in [0.2, 0.25) is 0 Å². The van der Waals surface area contributed by atoms with E-state index in [1.807, 2.05) is 19.0 Å². The number of carbonyl (C=O) groups excluding carboxylic acids is 3. The van der Waals surface area contributed by atoms with E-state index in [0.29, 0.717) is 18.0 Å². The van der Waals surface area contributed by atoms with Gasteiger partial charge in [-0.15, -0.1) is 0 Å².